The van der Waals surface area contributed by atoms with Gasteiger partial charge < -0.3 is 19.5 Å². The summed E-state index contributed by atoms with van der Waals surface area (Å²) in [4.78, 5) is 21.0. The van der Waals surface area contributed by atoms with Crippen LogP contribution in [-0.2, 0) is 4.65 Å². The summed E-state index contributed by atoms with van der Waals surface area (Å²) in [5.41, 5.74) is 1.08. The van der Waals surface area contributed by atoms with Crippen molar-refractivity contribution in [1.29, 1.82) is 0 Å². The molecule has 148 valence electrons. The highest BCUT2D eigenvalue weighted by molar-refractivity contribution is 6.23. The van der Waals surface area contributed by atoms with Gasteiger partial charge in [-0.3, -0.25) is 4.90 Å². The van der Waals surface area contributed by atoms with Crippen LogP contribution < -0.4 is 15.0 Å². The average molecular weight is 386 g/mol. The molecule has 0 unspecified atom stereocenters. The van der Waals surface area contributed by atoms with Gasteiger partial charge in [0, 0.05) is 24.9 Å². The third kappa shape index (κ3) is 4.99. The topological polar surface area (TPSA) is 66.9 Å². The molecule has 28 heavy (non-hydrogen) atoms. The highest BCUT2D eigenvalue weighted by atomic mass is 19.1. The van der Waals surface area contributed by atoms with E-state index in [2.05, 4.69) is 15.1 Å². The van der Waals surface area contributed by atoms with Crippen LogP contribution in [0, 0.1) is 5.82 Å². The summed E-state index contributed by atoms with van der Waals surface area (Å²) in [7, 11) is 3.76. The molecule has 0 saturated carbocycles. The van der Waals surface area contributed by atoms with Crippen molar-refractivity contribution in [3.05, 3.63) is 48.4 Å². The zero-order valence-electron chi connectivity index (χ0n) is 16.1. The molecule has 0 spiro atoms. The second kappa shape index (κ2) is 9.52. The molecule has 1 aliphatic heterocycles. The predicted octanol–water partition coefficient (Wildman–Crippen LogP) is 2.65. The summed E-state index contributed by atoms with van der Waals surface area (Å²) < 4.78 is 24.1. The lowest BCUT2D eigenvalue weighted by Gasteiger charge is -2.38. The van der Waals surface area contributed by atoms with E-state index in [0.29, 0.717) is 24.9 Å². The molecule has 0 aliphatic carbocycles. The Kier molecular flexibility index (Phi) is 6.83. The second-order valence-electron chi connectivity index (χ2n) is 6.64. The number of hydrogen-bond donors (Lipinski definition) is 1. The zero-order chi connectivity index (χ0) is 19.9. The number of hydrogen-bond acceptors (Lipinski definition) is 5. The number of halogens is 1. The number of piperidine rings is 1. The smallest absolute Gasteiger partial charge is 0.363 e. The summed E-state index contributed by atoms with van der Waals surface area (Å²) in [5.74, 6) is 0.0868. The Morgan fingerprint density at radius 2 is 2.07 bits per heavy atom. The third-order valence-electron chi connectivity index (χ3n) is 4.74. The summed E-state index contributed by atoms with van der Waals surface area (Å²) in [6.45, 7) is 1.61. The first kappa shape index (κ1) is 20.1. The molecule has 3 rings (SSSR count). The van der Waals surface area contributed by atoms with Crippen molar-refractivity contribution in [2.24, 2.45) is 0 Å². The summed E-state index contributed by atoms with van der Waals surface area (Å²) in [5, 5.41) is 2.85. The standard InChI is InChI=1S/C19H24BFN4O3/c1-27-18-7-6-15(13-22-18)23-19(26)25(17-5-3-4-14(21)12-17)16-8-10-24(11-9-16)20-28-2/h3-7,12-13,16,20H,8-11H2,1-2H3,(H,23,26). The molecule has 0 bridgehead atoms. The minimum Gasteiger partial charge on any atom is -0.481 e. The van der Waals surface area contributed by atoms with Crippen LogP contribution in [0.15, 0.2) is 42.6 Å². The SMILES string of the molecule is COBN1CCC(N(C(=O)Nc2ccc(OC)nc2)c2cccc(F)c2)CC1. The molecule has 1 aromatic heterocycles. The normalized spacial score (nSPS) is 15.1. The molecular weight excluding hydrogens is 362 g/mol. The van der Waals surface area contributed by atoms with E-state index in [0.717, 1.165) is 25.9 Å². The first-order valence-corrected chi connectivity index (χ1v) is 9.18. The number of rotatable bonds is 6. The largest absolute Gasteiger partial charge is 0.481 e. The van der Waals surface area contributed by atoms with E-state index < -0.39 is 0 Å². The molecule has 7 nitrogen and oxygen atoms in total. The minimum atomic E-state index is -0.377. The van der Waals surface area contributed by atoms with E-state index in [4.69, 9.17) is 9.39 Å². The van der Waals surface area contributed by atoms with Crippen LogP contribution >= 0.6 is 0 Å². The van der Waals surface area contributed by atoms with Crippen LogP contribution in [0.5, 0.6) is 5.88 Å². The van der Waals surface area contributed by atoms with Gasteiger partial charge in [-0.1, -0.05) is 6.07 Å². The molecule has 1 aliphatic rings. The number of methoxy groups -OCH3 is 1. The second-order valence-corrected chi connectivity index (χ2v) is 6.64. The van der Waals surface area contributed by atoms with Gasteiger partial charge in [0.1, 0.15) is 5.82 Å². The van der Waals surface area contributed by atoms with Crippen LogP contribution in [0.1, 0.15) is 12.8 Å². The maximum atomic E-state index is 13.8. The van der Waals surface area contributed by atoms with Crippen LogP contribution in [0.4, 0.5) is 20.6 Å². The fraction of sp³-hybridized carbons (Fsp3) is 0.368. The summed E-state index contributed by atoms with van der Waals surface area (Å²) in [6, 6.07) is 9.14. The van der Waals surface area contributed by atoms with Crippen molar-refractivity contribution in [2.45, 2.75) is 18.9 Å². The first-order valence-electron chi connectivity index (χ1n) is 9.18. The van der Waals surface area contributed by atoms with Crippen LogP contribution in [-0.4, -0.2) is 56.8 Å². The Morgan fingerprint density at radius 1 is 1.29 bits per heavy atom. The number of urea groups is 1. The first-order chi connectivity index (χ1) is 13.6. The predicted molar refractivity (Wildman–Crippen MR) is 107 cm³/mol. The third-order valence-corrected chi connectivity index (χ3v) is 4.74. The number of nitrogens with zero attached hydrogens (tertiary/aromatic N) is 3. The van der Waals surface area contributed by atoms with E-state index in [1.165, 1.54) is 25.4 Å². The monoisotopic (exact) mass is 386 g/mol. The molecule has 0 radical (unpaired) electrons. The molecular formula is C19H24BFN4O3. The Labute approximate surface area is 164 Å². The zero-order valence-corrected chi connectivity index (χ0v) is 16.1. The van der Waals surface area contributed by atoms with Gasteiger partial charge in [-0.25, -0.2) is 14.2 Å². The highest BCUT2D eigenvalue weighted by Crippen LogP contribution is 2.25. The van der Waals surface area contributed by atoms with Crippen LogP contribution in [0.25, 0.3) is 0 Å². The molecule has 2 amide bonds. The number of aromatic nitrogens is 1. The number of pyridine rings is 1. The lowest BCUT2D eigenvalue weighted by atomic mass is 9.98. The fourth-order valence-electron chi connectivity index (χ4n) is 3.37. The van der Waals surface area contributed by atoms with Gasteiger partial charge >= 0.3 is 13.6 Å². The maximum Gasteiger partial charge on any atom is 0.363 e. The van der Waals surface area contributed by atoms with Crippen molar-refractivity contribution in [2.75, 3.05) is 37.5 Å². The van der Waals surface area contributed by atoms with E-state index in [1.54, 1.807) is 36.3 Å². The van der Waals surface area contributed by atoms with Crippen molar-refractivity contribution in [3.8, 4) is 5.88 Å². The molecule has 1 saturated heterocycles. The van der Waals surface area contributed by atoms with Gasteiger partial charge in [0.05, 0.1) is 19.0 Å². The van der Waals surface area contributed by atoms with E-state index in [9.17, 15) is 9.18 Å². The van der Waals surface area contributed by atoms with Gasteiger partial charge in [-0.2, -0.15) is 0 Å². The number of ether oxygens (including phenoxy) is 1. The maximum absolute atomic E-state index is 13.8. The number of nitrogens with one attached hydrogen (secondary N) is 1. The van der Waals surface area contributed by atoms with Crippen molar-refractivity contribution >= 4 is 25.0 Å². The number of carbonyl (C=O) groups is 1. The molecule has 1 N–H and O–H groups in total. The molecule has 0 atom stereocenters. The Hall–Kier alpha value is -2.65. The van der Waals surface area contributed by atoms with Crippen molar-refractivity contribution < 1.29 is 18.6 Å². The lowest BCUT2D eigenvalue weighted by molar-refractivity contribution is 0.244. The van der Waals surface area contributed by atoms with Gasteiger partial charge in [-0.05, 0) is 50.2 Å². The number of amides is 2. The van der Waals surface area contributed by atoms with Crippen LogP contribution in [0.2, 0.25) is 0 Å². The molecule has 1 aromatic carbocycles. The number of carbonyl (C=O) groups excluding carboxylic acids is 1. The average Bonchev–Trinajstić information content (AvgIpc) is 2.70. The number of benzene rings is 1. The fourth-order valence-corrected chi connectivity index (χ4v) is 3.37. The Balaban J connectivity index is 1.78. The van der Waals surface area contributed by atoms with Gasteiger partial charge in [0.25, 0.3) is 0 Å². The van der Waals surface area contributed by atoms with E-state index >= 15 is 0 Å². The molecule has 2 heterocycles. The summed E-state index contributed by atoms with van der Waals surface area (Å²) >= 11 is 0. The lowest BCUT2D eigenvalue weighted by Crippen LogP contribution is -2.50. The van der Waals surface area contributed by atoms with Gasteiger partial charge in [-0.15, -0.1) is 0 Å². The van der Waals surface area contributed by atoms with Crippen LogP contribution in [0.3, 0.4) is 0 Å². The Bertz CT molecular complexity index is 785. The van der Waals surface area contributed by atoms with Gasteiger partial charge in [0.2, 0.25) is 5.88 Å². The van der Waals surface area contributed by atoms with E-state index in [1.807, 2.05) is 0 Å². The number of anilines is 2. The summed E-state index contributed by atoms with van der Waals surface area (Å²) in [6.07, 6.45) is 3.07. The highest BCUT2D eigenvalue weighted by Gasteiger charge is 2.29. The van der Waals surface area contributed by atoms with E-state index in [-0.39, 0.29) is 17.9 Å². The quantitative estimate of drug-likeness (QED) is 0.774. The molecule has 1 fully saturated rings. The van der Waals surface area contributed by atoms with Gasteiger partial charge in [0.15, 0.2) is 0 Å². The molecule has 2 aromatic rings. The molecule has 9 heteroatoms. The van der Waals surface area contributed by atoms with Crippen molar-refractivity contribution in [3.63, 3.8) is 0 Å². The minimum absolute atomic E-state index is 0.0406. The van der Waals surface area contributed by atoms with Crippen molar-refractivity contribution in [1.82, 2.24) is 9.79 Å². The Morgan fingerprint density at radius 3 is 2.68 bits per heavy atom.